The predicted molar refractivity (Wildman–Crippen MR) is 154 cm³/mol. The lowest BCUT2D eigenvalue weighted by atomic mass is 9.63. The second-order valence-corrected chi connectivity index (χ2v) is 10.3. The molecule has 2 aliphatic heterocycles. The molecule has 6 heteroatoms. The van der Waals surface area contributed by atoms with Crippen molar-refractivity contribution in [2.45, 2.75) is 31.2 Å². The van der Waals surface area contributed by atoms with Crippen LogP contribution in [-0.2, 0) is 21.5 Å². The number of carbonyl (C=O) groups is 2. The summed E-state index contributed by atoms with van der Waals surface area (Å²) >= 11 is 0. The van der Waals surface area contributed by atoms with Crippen LogP contribution in [0, 0.1) is 11.3 Å². The summed E-state index contributed by atoms with van der Waals surface area (Å²) in [6.07, 6.45) is 5.42. The number of hydrogen-bond acceptors (Lipinski definition) is 4. The van der Waals surface area contributed by atoms with E-state index in [0.717, 1.165) is 22.6 Å². The molecule has 0 radical (unpaired) electrons. The Labute approximate surface area is 232 Å². The van der Waals surface area contributed by atoms with Crippen molar-refractivity contribution in [2.75, 3.05) is 9.80 Å². The minimum atomic E-state index is -1.53. The number of benzene rings is 3. The summed E-state index contributed by atoms with van der Waals surface area (Å²) in [5.74, 6) is 0.247. The quantitative estimate of drug-likeness (QED) is 0.320. The smallest absolute Gasteiger partial charge is 0.248 e. The molecule has 0 unspecified atom stereocenters. The van der Waals surface area contributed by atoms with Crippen molar-refractivity contribution in [3.63, 3.8) is 0 Å². The van der Waals surface area contributed by atoms with Crippen LogP contribution in [0.3, 0.4) is 0 Å². The van der Waals surface area contributed by atoms with E-state index in [4.69, 9.17) is 0 Å². The Hall–Kier alpha value is -5.15. The summed E-state index contributed by atoms with van der Waals surface area (Å²) in [6.45, 7) is 0.342. The highest BCUT2D eigenvalue weighted by Gasteiger charge is 2.62. The van der Waals surface area contributed by atoms with E-state index in [1.807, 2.05) is 119 Å². The largest absolute Gasteiger partial charge is 0.309 e. The molecule has 0 N–H and O–H groups in total. The van der Waals surface area contributed by atoms with E-state index < -0.39 is 5.41 Å². The highest BCUT2D eigenvalue weighted by Crippen LogP contribution is 2.58. The number of nitriles is 1. The number of anilines is 2. The molecule has 1 aliphatic carbocycles. The molecule has 1 spiro atoms. The van der Waals surface area contributed by atoms with Gasteiger partial charge < -0.3 is 9.47 Å². The second kappa shape index (κ2) is 9.25. The Morgan fingerprint density at radius 1 is 0.800 bits per heavy atom. The number of Topliss-reactive ketones (excluding diaryl/α,β-unsaturated/α-hetero) is 1. The van der Waals surface area contributed by atoms with Crippen molar-refractivity contribution in [1.29, 1.82) is 5.26 Å². The molecule has 1 atom stereocenters. The predicted octanol–water partition coefficient (Wildman–Crippen LogP) is 6.19. The summed E-state index contributed by atoms with van der Waals surface area (Å²) in [5, 5.41) is 11.0. The second-order valence-electron chi connectivity index (χ2n) is 10.3. The van der Waals surface area contributed by atoms with Gasteiger partial charge in [-0.25, -0.2) is 0 Å². The normalized spacial score (nSPS) is 20.2. The van der Waals surface area contributed by atoms with E-state index in [1.54, 1.807) is 4.90 Å². The number of ketones is 1. The molecule has 4 aromatic rings. The minimum Gasteiger partial charge on any atom is -0.309 e. The van der Waals surface area contributed by atoms with Gasteiger partial charge in [-0.2, -0.15) is 5.26 Å². The standard InChI is InChI=1S/C34H26N4O2/c35-22-27-32(36-20-9-10-21-36)38(25-14-5-2-6-15-25)29-18-11-19-30(39)31(29)34(27)26-16-7-8-17-28(26)37(33(34)40)23-24-12-3-1-4-13-24/h1-10,12-17,20-21H,11,18-19,23H2/t34-/m0/s1. The zero-order chi connectivity index (χ0) is 27.3. The topological polar surface area (TPSA) is 69.3 Å². The number of allylic oxidation sites excluding steroid dienone is 1. The van der Waals surface area contributed by atoms with Gasteiger partial charge in [-0.3, -0.25) is 14.5 Å². The van der Waals surface area contributed by atoms with Crippen LogP contribution in [0.4, 0.5) is 11.4 Å². The molecule has 0 bridgehead atoms. The van der Waals surface area contributed by atoms with Crippen LogP contribution >= 0.6 is 0 Å². The van der Waals surface area contributed by atoms with Crippen LogP contribution in [0.25, 0.3) is 5.82 Å². The molecule has 40 heavy (non-hydrogen) atoms. The number of hydrogen-bond donors (Lipinski definition) is 0. The lowest BCUT2D eigenvalue weighted by molar-refractivity contribution is -0.124. The number of rotatable bonds is 4. The van der Waals surface area contributed by atoms with Crippen molar-refractivity contribution in [3.05, 3.63) is 137 Å². The fraction of sp³-hybridized carbons (Fsp3) is 0.147. The maximum atomic E-state index is 15.0. The third-order valence-corrected chi connectivity index (χ3v) is 8.16. The first-order chi connectivity index (χ1) is 19.7. The number of aromatic nitrogens is 1. The summed E-state index contributed by atoms with van der Waals surface area (Å²) in [6, 6.07) is 33.5. The highest BCUT2D eigenvalue weighted by atomic mass is 16.2. The van der Waals surface area contributed by atoms with Crippen molar-refractivity contribution < 1.29 is 9.59 Å². The van der Waals surface area contributed by atoms with Crippen LogP contribution < -0.4 is 9.80 Å². The highest BCUT2D eigenvalue weighted by molar-refractivity contribution is 6.22. The molecule has 6 nitrogen and oxygen atoms in total. The van der Waals surface area contributed by atoms with Crippen LogP contribution in [0.15, 0.2) is 126 Å². The average Bonchev–Trinajstić information content (AvgIpc) is 3.61. The first-order valence-electron chi connectivity index (χ1n) is 13.5. The van der Waals surface area contributed by atoms with E-state index in [9.17, 15) is 14.9 Å². The Bertz CT molecular complexity index is 1750. The van der Waals surface area contributed by atoms with Crippen LogP contribution in [0.5, 0.6) is 0 Å². The van der Waals surface area contributed by atoms with Gasteiger partial charge in [0.05, 0.1) is 12.1 Å². The van der Waals surface area contributed by atoms with E-state index in [2.05, 4.69) is 6.07 Å². The number of carbonyl (C=O) groups excluding carboxylic acids is 2. The third kappa shape index (κ3) is 3.28. The van der Waals surface area contributed by atoms with Crippen molar-refractivity contribution in [2.24, 2.45) is 0 Å². The zero-order valence-corrected chi connectivity index (χ0v) is 21.8. The number of nitrogens with zero attached hydrogens (tertiary/aromatic N) is 4. The number of fused-ring (bicyclic) bond motifs is 3. The lowest BCUT2D eigenvalue weighted by Gasteiger charge is -2.45. The molecule has 1 amide bonds. The minimum absolute atomic E-state index is 0.0776. The number of amides is 1. The van der Waals surface area contributed by atoms with Crippen molar-refractivity contribution in [3.8, 4) is 6.07 Å². The third-order valence-electron chi connectivity index (χ3n) is 8.16. The molecule has 7 rings (SSSR count). The molecule has 0 fully saturated rings. The first kappa shape index (κ1) is 23.9. The van der Waals surface area contributed by atoms with Crippen molar-refractivity contribution in [1.82, 2.24) is 4.57 Å². The van der Waals surface area contributed by atoms with E-state index >= 15 is 0 Å². The van der Waals surface area contributed by atoms with Crippen LogP contribution in [0.1, 0.15) is 30.4 Å². The molecule has 3 aromatic carbocycles. The molecule has 0 saturated heterocycles. The molecular formula is C34H26N4O2. The zero-order valence-electron chi connectivity index (χ0n) is 21.8. The van der Waals surface area contributed by atoms with E-state index in [1.165, 1.54) is 0 Å². The molecule has 3 heterocycles. The molecular weight excluding hydrogens is 496 g/mol. The van der Waals surface area contributed by atoms with Gasteiger partial charge in [-0.15, -0.1) is 0 Å². The SMILES string of the molecule is N#CC1=C(n2cccc2)N(c2ccccc2)C2=C(C(=O)CCC2)[C@@]12C(=O)N(Cc1ccccc1)c1ccccc12. The van der Waals surface area contributed by atoms with Gasteiger partial charge in [0, 0.05) is 47.0 Å². The van der Waals surface area contributed by atoms with E-state index in [-0.39, 0.29) is 17.3 Å². The Kier molecular flexibility index (Phi) is 5.53. The average molecular weight is 523 g/mol. The summed E-state index contributed by atoms with van der Waals surface area (Å²) in [7, 11) is 0. The first-order valence-corrected chi connectivity index (χ1v) is 13.5. The van der Waals surface area contributed by atoms with Gasteiger partial charge in [-0.05, 0) is 48.7 Å². The van der Waals surface area contributed by atoms with Gasteiger partial charge >= 0.3 is 0 Å². The van der Waals surface area contributed by atoms with Gasteiger partial charge in [-0.1, -0.05) is 66.7 Å². The van der Waals surface area contributed by atoms with Gasteiger partial charge in [0.1, 0.15) is 17.3 Å². The monoisotopic (exact) mass is 522 g/mol. The Morgan fingerprint density at radius 2 is 1.48 bits per heavy atom. The molecule has 3 aliphatic rings. The lowest BCUT2D eigenvalue weighted by Crippen LogP contribution is -2.51. The molecule has 0 saturated carbocycles. The van der Waals surface area contributed by atoms with Crippen molar-refractivity contribution >= 4 is 28.9 Å². The maximum absolute atomic E-state index is 15.0. The fourth-order valence-electron chi connectivity index (χ4n) is 6.58. The van der Waals surface area contributed by atoms with Gasteiger partial charge in [0.25, 0.3) is 0 Å². The van der Waals surface area contributed by atoms with E-state index in [0.29, 0.717) is 42.8 Å². The molecule has 1 aromatic heterocycles. The van der Waals surface area contributed by atoms with Gasteiger partial charge in [0.2, 0.25) is 5.91 Å². The fourth-order valence-corrected chi connectivity index (χ4v) is 6.58. The molecule has 194 valence electrons. The maximum Gasteiger partial charge on any atom is 0.248 e. The van der Waals surface area contributed by atoms with Gasteiger partial charge in [0.15, 0.2) is 5.78 Å². The summed E-state index contributed by atoms with van der Waals surface area (Å²) in [4.78, 5) is 32.8. The van der Waals surface area contributed by atoms with Crippen LogP contribution in [0.2, 0.25) is 0 Å². The Balaban J connectivity index is 1.58. The Morgan fingerprint density at radius 3 is 2.20 bits per heavy atom. The summed E-state index contributed by atoms with van der Waals surface area (Å²) < 4.78 is 1.89. The van der Waals surface area contributed by atoms with Crippen LogP contribution in [-0.4, -0.2) is 16.3 Å². The number of para-hydroxylation sites is 2. The summed E-state index contributed by atoms with van der Waals surface area (Å²) in [5.41, 5.74) is 3.18.